The number of non-ortho nitro benzene ring substituents is 1. The van der Waals surface area contributed by atoms with Crippen LogP contribution >= 0.6 is 0 Å². The molecule has 0 radical (unpaired) electrons. The predicted molar refractivity (Wildman–Crippen MR) is 84.6 cm³/mol. The van der Waals surface area contributed by atoms with Crippen molar-refractivity contribution in [2.24, 2.45) is 0 Å². The predicted octanol–water partition coefficient (Wildman–Crippen LogP) is 3.09. The highest BCUT2D eigenvalue weighted by Crippen LogP contribution is 2.29. The van der Waals surface area contributed by atoms with Crippen LogP contribution in [0.25, 0.3) is 11.1 Å². The second-order valence-corrected chi connectivity index (χ2v) is 5.35. The fraction of sp³-hybridized carbons (Fsp3) is 0.294. The first-order valence-corrected chi connectivity index (χ1v) is 7.37. The summed E-state index contributed by atoms with van der Waals surface area (Å²) in [5.41, 5.74) is 3.18. The number of hydrogen-bond acceptors (Lipinski definition) is 4. The van der Waals surface area contributed by atoms with E-state index >= 15 is 0 Å². The lowest BCUT2D eigenvalue weighted by Gasteiger charge is -2.27. The van der Waals surface area contributed by atoms with E-state index in [4.69, 9.17) is 4.74 Å². The zero-order valence-corrected chi connectivity index (χ0v) is 12.3. The SMILES string of the molecule is O=[N+]([O-])c1ccc(CN2CCOCC2)c(-c2ccccc2)c1. The molecule has 0 saturated carbocycles. The first-order chi connectivity index (χ1) is 10.7. The van der Waals surface area contributed by atoms with E-state index < -0.39 is 0 Å². The minimum absolute atomic E-state index is 0.129. The van der Waals surface area contributed by atoms with Crippen molar-refractivity contribution in [2.45, 2.75) is 6.54 Å². The third-order valence-corrected chi connectivity index (χ3v) is 3.89. The zero-order chi connectivity index (χ0) is 15.4. The molecule has 0 spiro atoms. The smallest absolute Gasteiger partial charge is 0.270 e. The molecular formula is C17H18N2O3. The minimum Gasteiger partial charge on any atom is -0.379 e. The molecule has 2 aromatic carbocycles. The Hall–Kier alpha value is -2.24. The Morgan fingerprint density at radius 1 is 1.09 bits per heavy atom. The molecule has 114 valence electrons. The van der Waals surface area contributed by atoms with E-state index in [1.807, 2.05) is 36.4 Å². The maximum absolute atomic E-state index is 11.1. The van der Waals surface area contributed by atoms with Crippen LogP contribution in [0.4, 0.5) is 5.69 Å². The van der Waals surface area contributed by atoms with Crippen LogP contribution in [-0.4, -0.2) is 36.1 Å². The van der Waals surface area contributed by atoms with Gasteiger partial charge < -0.3 is 4.74 Å². The van der Waals surface area contributed by atoms with Crippen molar-refractivity contribution in [3.63, 3.8) is 0 Å². The van der Waals surface area contributed by atoms with Gasteiger partial charge >= 0.3 is 0 Å². The summed E-state index contributed by atoms with van der Waals surface area (Å²) in [5, 5.41) is 11.1. The molecule has 5 heteroatoms. The maximum Gasteiger partial charge on any atom is 0.270 e. The number of rotatable bonds is 4. The highest BCUT2D eigenvalue weighted by Gasteiger charge is 2.16. The van der Waals surface area contributed by atoms with Gasteiger partial charge in [-0.05, 0) is 16.7 Å². The summed E-state index contributed by atoms with van der Waals surface area (Å²) in [4.78, 5) is 13.0. The monoisotopic (exact) mass is 298 g/mol. The highest BCUT2D eigenvalue weighted by molar-refractivity contribution is 5.70. The molecule has 1 aliphatic heterocycles. The topological polar surface area (TPSA) is 55.6 Å². The van der Waals surface area contributed by atoms with Gasteiger partial charge in [0.15, 0.2) is 0 Å². The second-order valence-electron chi connectivity index (χ2n) is 5.35. The molecule has 0 aliphatic carbocycles. The van der Waals surface area contributed by atoms with Gasteiger partial charge in [-0.2, -0.15) is 0 Å². The summed E-state index contributed by atoms with van der Waals surface area (Å²) in [7, 11) is 0. The van der Waals surface area contributed by atoms with Gasteiger partial charge in [0.25, 0.3) is 5.69 Å². The number of ether oxygens (including phenoxy) is 1. The number of nitrogens with zero attached hydrogens (tertiary/aromatic N) is 2. The summed E-state index contributed by atoms with van der Waals surface area (Å²) in [6.45, 7) is 4.06. The molecule has 0 unspecified atom stereocenters. The summed E-state index contributed by atoms with van der Waals surface area (Å²) in [6.07, 6.45) is 0. The fourth-order valence-electron chi connectivity index (χ4n) is 2.70. The van der Waals surface area contributed by atoms with Crippen molar-refractivity contribution in [3.8, 4) is 11.1 Å². The first kappa shape index (κ1) is 14.7. The molecule has 3 rings (SSSR count). The Bertz CT molecular complexity index is 652. The van der Waals surface area contributed by atoms with E-state index in [1.165, 1.54) is 0 Å². The molecule has 2 aromatic rings. The normalized spacial score (nSPS) is 15.6. The van der Waals surface area contributed by atoms with Crippen LogP contribution in [0.1, 0.15) is 5.56 Å². The van der Waals surface area contributed by atoms with Crippen molar-refractivity contribution in [1.82, 2.24) is 4.90 Å². The number of morpholine rings is 1. The van der Waals surface area contributed by atoms with Gasteiger partial charge in [-0.3, -0.25) is 15.0 Å². The number of nitro groups is 1. The van der Waals surface area contributed by atoms with Crippen molar-refractivity contribution < 1.29 is 9.66 Å². The largest absolute Gasteiger partial charge is 0.379 e. The Labute approximate surface area is 129 Å². The molecule has 1 aliphatic rings. The molecular weight excluding hydrogens is 280 g/mol. The van der Waals surface area contributed by atoms with Crippen LogP contribution < -0.4 is 0 Å². The van der Waals surface area contributed by atoms with Crippen LogP contribution in [0.15, 0.2) is 48.5 Å². The van der Waals surface area contributed by atoms with E-state index in [-0.39, 0.29) is 10.6 Å². The number of nitro benzene ring substituents is 1. The van der Waals surface area contributed by atoms with Crippen molar-refractivity contribution in [3.05, 3.63) is 64.2 Å². The van der Waals surface area contributed by atoms with Gasteiger partial charge in [0, 0.05) is 31.8 Å². The average molecular weight is 298 g/mol. The number of benzene rings is 2. The lowest BCUT2D eigenvalue weighted by molar-refractivity contribution is -0.384. The molecule has 22 heavy (non-hydrogen) atoms. The summed E-state index contributed by atoms with van der Waals surface area (Å²) in [5.74, 6) is 0. The maximum atomic E-state index is 11.1. The lowest BCUT2D eigenvalue weighted by Crippen LogP contribution is -2.35. The summed E-state index contributed by atoms with van der Waals surface area (Å²) < 4.78 is 5.37. The average Bonchev–Trinajstić information content (AvgIpc) is 2.57. The van der Waals surface area contributed by atoms with E-state index in [0.717, 1.165) is 49.5 Å². The van der Waals surface area contributed by atoms with Gasteiger partial charge in [-0.15, -0.1) is 0 Å². The van der Waals surface area contributed by atoms with Crippen LogP contribution in [0, 0.1) is 10.1 Å². The van der Waals surface area contributed by atoms with Gasteiger partial charge in [-0.25, -0.2) is 0 Å². The van der Waals surface area contributed by atoms with Gasteiger partial charge in [0.05, 0.1) is 18.1 Å². The Kier molecular flexibility index (Phi) is 4.46. The molecule has 0 N–H and O–H groups in total. The molecule has 0 atom stereocenters. The Balaban J connectivity index is 1.95. The van der Waals surface area contributed by atoms with Gasteiger partial charge in [-0.1, -0.05) is 36.4 Å². The van der Waals surface area contributed by atoms with Crippen LogP contribution in [0.2, 0.25) is 0 Å². The second kappa shape index (κ2) is 6.68. The van der Waals surface area contributed by atoms with Crippen LogP contribution in [0.3, 0.4) is 0 Å². The Morgan fingerprint density at radius 2 is 1.82 bits per heavy atom. The minimum atomic E-state index is -0.342. The molecule has 1 fully saturated rings. The zero-order valence-electron chi connectivity index (χ0n) is 12.3. The van der Waals surface area contributed by atoms with Crippen LogP contribution in [-0.2, 0) is 11.3 Å². The first-order valence-electron chi connectivity index (χ1n) is 7.37. The lowest BCUT2D eigenvalue weighted by atomic mass is 9.98. The summed E-state index contributed by atoms with van der Waals surface area (Å²) in [6, 6.07) is 15.0. The van der Waals surface area contributed by atoms with Gasteiger partial charge in [0.2, 0.25) is 0 Å². The van der Waals surface area contributed by atoms with Crippen molar-refractivity contribution in [2.75, 3.05) is 26.3 Å². The molecule has 1 saturated heterocycles. The molecule has 0 aromatic heterocycles. The van der Waals surface area contributed by atoms with E-state index in [0.29, 0.717) is 0 Å². The standard InChI is InChI=1S/C17H18N2O3/c20-19(21)16-7-6-15(13-18-8-10-22-11-9-18)17(12-16)14-4-2-1-3-5-14/h1-7,12H,8-11,13H2. The van der Waals surface area contributed by atoms with E-state index in [1.54, 1.807) is 12.1 Å². The summed E-state index contributed by atoms with van der Waals surface area (Å²) >= 11 is 0. The number of hydrogen-bond donors (Lipinski definition) is 0. The molecule has 1 heterocycles. The third-order valence-electron chi connectivity index (χ3n) is 3.89. The van der Waals surface area contributed by atoms with Gasteiger partial charge in [0.1, 0.15) is 0 Å². The molecule has 0 bridgehead atoms. The fourth-order valence-corrected chi connectivity index (χ4v) is 2.70. The van der Waals surface area contributed by atoms with E-state index in [9.17, 15) is 10.1 Å². The van der Waals surface area contributed by atoms with E-state index in [2.05, 4.69) is 4.90 Å². The highest BCUT2D eigenvalue weighted by atomic mass is 16.6. The van der Waals surface area contributed by atoms with Crippen molar-refractivity contribution >= 4 is 5.69 Å². The molecule has 5 nitrogen and oxygen atoms in total. The molecule has 0 amide bonds. The van der Waals surface area contributed by atoms with Crippen molar-refractivity contribution in [1.29, 1.82) is 0 Å². The Morgan fingerprint density at radius 3 is 2.50 bits per heavy atom. The quantitative estimate of drug-likeness (QED) is 0.643. The third kappa shape index (κ3) is 3.32. The van der Waals surface area contributed by atoms with Crippen LogP contribution in [0.5, 0.6) is 0 Å².